The van der Waals surface area contributed by atoms with Crippen LogP contribution in [-0.2, 0) is 5.54 Å². The quantitative estimate of drug-likeness (QED) is 0.359. The Morgan fingerprint density at radius 1 is 1.07 bits per heavy atom. The molecule has 30 heavy (non-hydrogen) atoms. The van der Waals surface area contributed by atoms with Crippen LogP contribution in [0.1, 0.15) is 24.8 Å². The molecule has 0 unspecified atom stereocenters. The van der Waals surface area contributed by atoms with Crippen LogP contribution >= 0.6 is 15.9 Å². The number of carboxylic acid groups (broad SMARTS) is 1. The molecule has 5 nitrogen and oxygen atoms in total. The van der Waals surface area contributed by atoms with E-state index in [0.29, 0.717) is 5.71 Å². The molecule has 0 saturated heterocycles. The minimum atomic E-state index is -0.987. The van der Waals surface area contributed by atoms with Crippen molar-refractivity contribution in [3.05, 3.63) is 76.9 Å². The van der Waals surface area contributed by atoms with E-state index in [1.54, 1.807) is 6.20 Å². The second kappa shape index (κ2) is 7.29. The van der Waals surface area contributed by atoms with Crippen LogP contribution in [0.4, 0.5) is 4.79 Å². The molecule has 2 aromatic heterocycles. The molecule has 1 aliphatic carbocycles. The summed E-state index contributed by atoms with van der Waals surface area (Å²) in [5, 5.41) is 12.9. The Balaban J connectivity index is 1.62. The minimum absolute atomic E-state index is 0.479. The van der Waals surface area contributed by atoms with E-state index in [1.807, 2.05) is 48.5 Å². The van der Waals surface area contributed by atoms with E-state index in [1.165, 1.54) is 0 Å². The van der Waals surface area contributed by atoms with Crippen LogP contribution in [-0.4, -0.2) is 16.2 Å². The third-order valence-corrected chi connectivity index (χ3v) is 6.26. The molecule has 2 N–H and O–H groups in total. The lowest BCUT2D eigenvalue weighted by atomic mass is 9.72. The molecule has 0 aliphatic heterocycles. The van der Waals surface area contributed by atoms with Gasteiger partial charge in [-0.3, -0.25) is 0 Å². The zero-order valence-corrected chi connectivity index (χ0v) is 17.6. The monoisotopic (exact) mass is 462 g/mol. The van der Waals surface area contributed by atoms with Gasteiger partial charge in [0.15, 0.2) is 0 Å². The van der Waals surface area contributed by atoms with Gasteiger partial charge in [-0.1, -0.05) is 54.6 Å². The summed E-state index contributed by atoms with van der Waals surface area (Å²) in [6, 6.07) is 20.1. The maximum absolute atomic E-state index is 11.3. The topological polar surface area (TPSA) is 75.4 Å². The first-order valence-electron chi connectivity index (χ1n) is 9.81. The summed E-state index contributed by atoms with van der Waals surface area (Å²) in [4.78, 5) is 15.7. The van der Waals surface area contributed by atoms with E-state index in [0.717, 1.165) is 57.1 Å². The van der Waals surface area contributed by atoms with Crippen molar-refractivity contribution in [1.82, 2.24) is 10.3 Å². The highest BCUT2D eigenvalue weighted by molar-refractivity contribution is 9.10. The number of furan rings is 1. The highest BCUT2D eigenvalue weighted by Gasteiger charge is 2.40. The number of nitrogens with one attached hydrogen (secondary N) is 1. The SMILES string of the molecule is O=C(O)NC1(c2ccc(-c3oc4ncc(Br)cc4c3-c3ccccc3)cc2)CCC1. The van der Waals surface area contributed by atoms with Gasteiger partial charge < -0.3 is 14.8 Å². The lowest BCUT2D eigenvalue weighted by Crippen LogP contribution is -2.50. The first-order chi connectivity index (χ1) is 14.6. The predicted octanol–water partition coefficient (Wildman–Crippen LogP) is 6.57. The third-order valence-electron chi connectivity index (χ3n) is 5.83. The number of amides is 1. The van der Waals surface area contributed by atoms with Gasteiger partial charge in [0.1, 0.15) is 5.76 Å². The van der Waals surface area contributed by atoms with Crippen molar-refractivity contribution in [3.8, 4) is 22.5 Å². The van der Waals surface area contributed by atoms with Gasteiger partial charge in [-0.05, 0) is 52.4 Å². The number of carbonyl (C=O) groups is 1. The van der Waals surface area contributed by atoms with Gasteiger partial charge >= 0.3 is 6.09 Å². The van der Waals surface area contributed by atoms with E-state index in [-0.39, 0.29) is 0 Å². The fourth-order valence-corrected chi connectivity index (χ4v) is 4.54. The summed E-state index contributed by atoms with van der Waals surface area (Å²) < 4.78 is 7.07. The molecule has 1 fully saturated rings. The average Bonchev–Trinajstić information content (AvgIpc) is 3.10. The van der Waals surface area contributed by atoms with Crippen LogP contribution in [0.15, 0.2) is 75.8 Å². The first-order valence-corrected chi connectivity index (χ1v) is 10.6. The molecule has 5 rings (SSSR count). The van der Waals surface area contributed by atoms with Gasteiger partial charge in [0, 0.05) is 27.2 Å². The Morgan fingerprint density at radius 3 is 2.43 bits per heavy atom. The van der Waals surface area contributed by atoms with Crippen molar-refractivity contribution < 1.29 is 14.3 Å². The number of benzene rings is 2. The summed E-state index contributed by atoms with van der Waals surface area (Å²) in [5.74, 6) is 0.752. The second-order valence-electron chi connectivity index (χ2n) is 7.62. The van der Waals surface area contributed by atoms with Gasteiger partial charge in [0.25, 0.3) is 0 Å². The third kappa shape index (κ3) is 3.17. The molecule has 0 atom stereocenters. The van der Waals surface area contributed by atoms with Crippen molar-refractivity contribution in [2.24, 2.45) is 0 Å². The number of halogens is 1. The Bertz CT molecular complexity index is 1230. The van der Waals surface area contributed by atoms with E-state index in [9.17, 15) is 9.90 Å². The molecule has 150 valence electrons. The lowest BCUT2D eigenvalue weighted by Gasteiger charge is -2.42. The zero-order valence-electron chi connectivity index (χ0n) is 16.1. The Kier molecular flexibility index (Phi) is 4.59. The number of rotatable bonds is 4. The van der Waals surface area contributed by atoms with E-state index in [2.05, 4.69) is 38.4 Å². The standard InChI is InChI=1S/C24H19BrN2O3/c25-18-13-19-20(15-5-2-1-3-6-15)21(30-22(19)26-14-18)16-7-9-17(10-8-16)24(11-4-12-24)27-23(28)29/h1-3,5-10,13-14,27H,4,11-12H2,(H,28,29). The van der Waals surface area contributed by atoms with Gasteiger partial charge in [0.2, 0.25) is 5.71 Å². The minimum Gasteiger partial charge on any atom is -0.465 e. The van der Waals surface area contributed by atoms with Crippen molar-refractivity contribution in [2.75, 3.05) is 0 Å². The summed E-state index contributed by atoms with van der Waals surface area (Å²) in [6.45, 7) is 0. The molecule has 0 spiro atoms. The Hall–Kier alpha value is -3.12. The van der Waals surface area contributed by atoms with Gasteiger partial charge in [-0.25, -0.2) is 9.78 Å². The highest BCUT2D eigenvalue weighted by Crippen LogP contribution is 2.44. The first kappa shape index (κ1) is 18.9. The fourth-order valence-electron chi connectivity index (χ4n) is 4.21. The highest BCUT2D eigenvalue weighted by atomic mass is 79.9. The maximum Gasteiger partial charge on any atom is 0.405 e. The Labute approximate surface area is 181 Å². The van der Waals surface area contributed by atoms with Crippen LogP contribution in [0.3, 0.4) is 0 Å². The molecular formula is C24H19BrN2O3. The Morgan fingerprint density at radius 2 is 1.80 bits per heavy atom. The van der Waals surface area contributed by atoms with Gasteiger partial charge in [0.05, 0.1) is 5.54 Å². The van der Waals surface area contributed by atoms with Crippen molar-refractivity contribution in [3.63, 3.8) is 0 Å². The predicted molar refractivity (Wildman–Crippen MR) is 119 cm³/mol. The average molecular weight is 463 g/mol. The van der Waals surface area contributed by atoms with Crippen LogP contribution in [0.5, 0.6) is 0 Å². The molecule has 2 aromatic carbocycles. The molecule has 1 aliphatic rings. The number of hydrogen-bond donors (Lipinski definition) is 2. The molecule has 1 saturated carbocycles. The molecule has 0 bridgehead atoms. The van der Waals surface area contributed by atoms with Crippen LogP contribution < -0.4 is 5.32 Å². The zero-order chi connectivity index (χ0) is 20.7. The lowest BCUT2D eigenvalue weighted by molar-refractivity contribution is 0.144. The molecule has 0 radical (unpaired) electrons. The normalized spacial score (nSPS) is 15.0. The summed E-state index contributed by atoms with van der Waals surface area (Å²) >= 11 is 3.51. The van der Waals surface area contributed by atoms with Crippen LogP contribution in [0, 0.1) is 0 Å². The van der Waals surface area contributed by atoms with E-state index >= 15 is 0 Å². The van der Waals surface area contributed by atoms with Crippen molar-refractivity contribution >= 4 is 33.1 Å². The van der Waals surface area contributed by atoms with Gasteiger partial charge in [-0.15, -0.1) is 0 Å². The number of hydrogen-bond acceptors (Lipinski definition) is 3. The smallest absolute Gasteiger partial charge is 0.405 e. The van der Waals surface area contributed by atoms with Crippen molar-refractivity contribution in [1.29, 1.82) is 0 Å². The molecule has 4 aromatic rings. The summed E-state index contributed by atoms with van der Waals surface area (Å²) in [6.07, 6.45) is 3.39. The maximum atomic E-state index is 11.3. The summed E-state index contributed by atoms with van der Waals surface area (Å²) in [5.41, 5.74) is 4.06. The van der Waals surface area contributed by atoms with E-state index in [4.69, 9.17) is 4.42 Å². The largest absolute Gasteiger partial charge is 0.465 e. The molecular weight excluding hydrogens is 444 g/mol. The molecule has 6 heteroatoms. The van der Waals surface area contributed by atoms with Crippen molar-refractivity contribution in [2.45, 2.75) is 24.8 Å². The number of fused-ring (bicyclic) bond motifs is 1. The van der Waals surface area contributed by atoms with Gasteiger partial charge in [-0.2, -0.15) is 0 Å². The number of nitrogens with zero attached hydrogens (tertiary/aromatic N) is 1. The molecule has 1 amide bonds. The second-order valence-corrected chi connectivity index (χ2v) is 8.54. The number of aromatic nitrogens is 1. The van der Waals surface area contributed by atoms with Crippen LogP contribution in [0.2, 0.25) is 0 Å². The van der Waals surface area contributed by atoms with E-state index < -0.39 is 11.6 Å². The molecule has 2 heterocycles. The number of pyridine rings is 1. The van der Waals surface area contributed by atoms with Crippen LogP contribution in [0.25, 0.3) is 33.6 Å². The summed E-state index contributed by atoms with van der Waals surface area (Å²) in [7, 11) is 0. The fraction of sp³-hybridized carbons (Fsp3) is 0.167.